The molecule has 1 amide bonds. The van der Waals surface area contributed by atoms with E-state index in [0.29, 0.717) is 20.7 Å². The van der Waals surface area contributed by atoms with Crippen LogP contribution in [0.25, 0.3) is 6.08 Å². The number of thioether (sulfide) groups is 1. The molecule has 0 saturated carbocycles. The Morgan fingerprint density at radius 2 is 2.22 bits per heavy atom. The number of fused-ring (bicyclic) bond motifs is 1. The zero-order chi connectivity index (χ0) is 16.4. The third kappa shape index (κ3) is 3.32. The number of nitrogens with zero attached hydrogens (tertiary/aromatic N) is 1. The Bertz CT molecular complexity index is 716. The van der Waals surface area contributed by atoms with Crippen molar-refractivity contribution in [3.63, 3.8) is 0 Å². The second-order valence-electron chi connectivity index (χ2n) is 4.77. The average Bonchev–Trinajstić information content (AvgIpc) is 3.10. The first-order chi connectivity index (χ1) is 11.1. The molecule has 0 radical (unpaired) electrons. The first-order valence-corrected chi connectivity index (χ1v) is 8.03. The van der Waals surface area contributed by atoms with Crippen LogP contribution in [-0.4, -0.2) is 41.5 Å². The van der Waals surface area contributed by atoms with E-state index >= 15 is 0 Å². The third-order valence-electron chi connectivity index (χ3n) is 3.34. The third-order valence-corrected chi connectivity index (χ3v) is 4.71. The van der Waals surface area contributed by atoms with Gasteiger partial charge in [0.05, 0.1) is 18.4 Å². The predicted molar refractivity (Wildman–Crippen MR) is 89.1 cm³/mol. The molecule has 120 valence electrons. The van der Waals surface area contributed by atoms with Gasteiger partial charge in [-0.3, -0.25) is 14.5 Å². The minimum atomic E-state index is -0.376. The molecule has 2 heterocycles. The van der Waals surface area contributed by atoms with Crippen molar-refractivity contribution in [3.8, 4) is 11.5 Å². The van der Waals surface area contributed by atoms with Gasteiger partial charge in [-0.2, -0.15) is 0 Å². The summed E-state index contributed by atoms with van der Waals surface area (Å²) in [6, 6.07) is 5.45. The van der Waals surface area contributed by atoms with Crippen molar-refractivity contribution in [2.75, 3.05) is 20.4 Å². The van der Waals surface area contributed by atoms with Gasteiger partial charge >= 0.3 is 5.97 Å². The lowest BCUT2D eigenvalue weighted by atomic mass is 10.2. The number of carbonyl (C=O) groups excluding carboxylic acids is 2. The molecular weight excluding hydrogens is 338 g/mol. The molecular formula is C15H13NO5S2. The summed E-state index contributed by atoms with van der Waals surface area (Å²) in [5, 5.41) is 0. The first-order valence-electron chi connectivity index (χ1n) is 6.80. The predicted octanol–water partition coefficient (Wildman–Crippen LogP) is 2.18. The number of thiocarbonyl (C=S) groups is 1. The number of hydrogen-bond donors (Lipinski definition) is 0. The molecule has 6 nitrogen and oxygen atoms in total. The van der Waals surface area contributed by atoms with Gasteiger partial charge in [0.1, 0.15) is 4.32 Å². The van der Waals surface area contributed by atoms with Crippen molar-refractivity contribution in [2.24, 2.45) is 0 Å². The Morgan fingerprint density at radius 1 is 1.43 bits per heavy atom. The quantitative estimate of drug-likeness (QED) is 0.468. The fourth-order valence-electron chi connectivity index (χ4n) is 2.15. The fraction of sp³-hybridized carbons (Fsp3) is 0.267. The zero-order valence-electron chi connectivity index (χ0n) is 12.2. The van der Waals surface area contributed by atoms with Crippen LogP contribution in [0.4, 0.5) is 0 Å². The minimum Gasteiger partial charge on any atom is -0.469 e. The van der Waals surface area contributed by atoms with Crippen LogP contribution in [-0.2, 0) is 14.3 Å². The van der Waals surface area contributed by atoms with Crippen molar-refractivity contribution in [3.05, 3.63) is 28.7 Å². The molecule has 1 fully saturated rings. The van der Waals surface area contributed by atoms with Crippen molar-refractivity contribution in [1.29, 1.82) is 0 Å². The van der Waals surface area contributed by atoms with Crippen LogP contribution in [0, 0.1) is 0 Å². The van der Waals surface area contributed by atoms with Crippen molar-refractivity contribution in [1.82, 2.24) is 4.90 Å². The van der Waals surface area contributed by atoms with E-state index in [1.165, 1.54) is 23.8 Å². The highest BCUT2D eigenvalue weighted by molar-refractivity contribution is 8.26. The molecule has 0 aromatic heterocycles. The van der Waals surface area contributed by atoms with Crippen LogP contribution in [0.15, 0.2) is 23.1 Å². The van der Waals surface area contributed by atoms with Crippen LogP contribution >= 0.6 is 24.0 Å². The molecule has 0 unspecified atom stereocenters. The normalized spacial score (nSPS) is 18.0. The molecule has 23 heavy (non-hydrogen) atoms. The largest absolute Gasteiger partial charge is 0.469 e. The molecule has 2 aliphatic rings. The SMILES string of the molecule is COC(=O)CCN1C(=O)/C(=C/c2ccc3c(c2)OCO3)SC1=S. The summed E-state index contributed by atoms with van der Waals surface area (Å²) in [6.07, 6.45) is 1.86. The maximum Gasteiger partial charge on any atom is 0.307 e. The summed E-state index contributed by atoms with van der Waals surface area (Å²) >= 11 is 6.42. The number of esters is 1. The molecule has 0 aliphatic carbocycles. The second kappa shape index (κ2) is 6.59. The summed E-state index contributed by atoms with van der Waals surface area (Å²) in [7, 11) is 1.31. The lowest BCUT2D eigenvalue weighted by Crippen LogP contribution is -2.30. The van der Waals surface area contributed by atoms with Crippen LogP contribution in [0.3, 0.4) is 0 Å². The monoisotopic (exact) mass is 351 g/mol. The minimum absolute atomic E-state index is 0.111. The molecule has 1 aromatic carbocycles. The summed E-state index contributed by atoms with van der Waals surface area (Å²) < 4.78 is 15.6. The summed E-state index contributed by atoms with van der Waals surface area (Å²) in [5.74, 6) is 0.757. The van der Waals surface area contributed by atoms with Gasteiger partial charge in [-0.15, -0.1) is 0 Å². The number of carbonyl (C=O) groups is 2. The van der Waals surface area contributed by atoms with Gasteiger partial charge < -0.3 is 14.2 Å². The number of benzene rings is 1. The number of ether oxygens (including phenoxy) is 3. The highest BCUT2D eigenvalue weighted by Crippen LogP contribution is 2.36. The molecule has 0 bridgehead atoms. The molecule has 8 heteroatoms. The van der Waals surface area contributed by atoms with Gasteiger partial charge in [0.25, 0.3) is 5.91 Å². The highest BCUT2D eigenvalue weighted by Gasteiger charge is 2.32. The van der Waals surface area contributed by atoms with Crippen LogP contribution < -0.4 is 9.47 Å². The van der Waals surface area contributed by atoms with E-state index in [1.807, 2.05) is 12.1 Å². The van der Waals surface area contributed by atoms with E-state index in [1.54, 1.807) is 12.1 Å². The standard InChI is InChI=1S/C15H13NO5S2/c1-19-13(17)4-5-16-14(18)12(23-15(16)22)7-9-2-3-10-11(6-9)21-8-20-10/h2-3,6-7H,4-5,8H2,1H3/b12-7-. The molecule has 0 N–H and O–H groups in total. The average molecular weight is 351 g/mol. The van der Waals surface area contributed by atoms with Gasteiger partial charge in [-0.05, 0) is 23.8 Å². The van der Waals surface area contributed by atoms with Crippen LogP contribution in [0.2, 0.25) is 0 Å². The van der Waals surface area contributed by atoms with Gasteiger partial charge in [-0.1, -0.05) is 30.0 Å². The van der Waals surface area contributed by atoms with Crippen molar-refractivity contribution in [2.45, 2.75) is 6.42 Å². The van der Waals surface area contributed by atoms with Crippen molar-refractivity contribution >= 4 is 46.3 Å². The molecule has 0 spiro atoms. The molecule has 0 atom stereocenters. The highest BCUT2D eigenvalue weighted by atomic mass is 32.2. The molecule has 1 aromatic rings. The van der Waals surface area contributed by atoms with Gasteiger partial charge in [0.2, 0.25) is 6.79 Å². The topological polar surface area (TPSA) is 65.1 Å². The Morgan fingerprint density at radius 3 is 3.00 bits per heavy atom. The van der Waals surface area contributed by atoms with Gasteiger partial charge in [0, 0.05) is 6.54 Å². The molecule has 3 rings (SSSR count). The Labute approximate surface area is 142 Å². The first kappa shape index (κ1) is 15.8. The summed E-state index contributed by atoms with van der Waals surface area (Å²) in [5.41, 5.74) is 0.822. The molecule has 1 saturated heterocycles. The maximum atomic E-state index is 12.4. The Balaban J connectivity index is 1.74. The Kier molecular flexibility index (Phi) is 4.53. The summed E-state index contributed by atoms with van der Waals surface area (Å²) in [4.78, 5) is 25.5. The van der Waals surface area contributed by atoms with E-state index in [2.05, 4.69) is 4.74 Å². The van der Waals surface area contributed by atoms with Crippen LogP contribution in [0.5, 0.6) is 11.5 Å². The summed E-state index contributed by atoms with van der Waals surface area (Å²) in [6.45, 7) is 0.421. The lowest BCUT2D eigenvalue weighted by Gasteiger charge is -2.12. The lowest BCUT2D eigenvalue weighted by molar-refractivity contribution is -0.140. The number of amides is 1. The van der Waals surface area contributed by atoms with Gasteiger partial charge in [0.15, 0.2) is 11.5 Å². The van der Waals surface area contributed by atoms with Crippen LogP contribution in [0.1, 0.15) is 12.0 Å². The fourth-order valence-corrected chi connectivity index (χ4v) is 3.46. The smallest absolute Gasteiger partial charge is 0.307 e. The second-order valence-corrected chi connectivity index (χ2v) is 6.45. The van der Waals surface area contributed by atoms with E-state index in [4.69, 9.17) is 21.7 Å². The number of methoxy groups -OCH3 is 1. The van der Waals surface area contributed by atoms with E-state index in [9.17, 15) is 9.59 Å². The van der Waals surface area contributed by atoms with Crippen molar-refractivity contribution < 1.29 is 23.8 Å². The van der Waals surface area contributed by atoms with Gasteiger partial charge in [-0.25, -0.2) is 0 Å². The van der Waals surface area contributed by atoms with E-state index in [-0.39, 0.29) is 31.6 Å². The number of rotatable bonds is 4. The van der Waals surface area contributed by atoms with E-state index in [0.717, 1.165) is 5.56 Å². The molecule has 2 aliphatic heterocycles. The zero-order valence-corrected chi connectivity index (χ0v) is 13.9. The maximum absolute atomic E-state index is 12.4. The Hall–Kier alpha value is -2.06. The number of hydrogen-bond acceptors (Lipinski definition) is 7. The van der Waals surface area contributed by atoms with E-state index < -0.39 is 0 Å².